The molecule has 18 heavy (non-hydrogen) atoms. The second kappa shape index (κ2) is 3.37. The number of carbonyl (C=O) groups excluding carboxylic acids is 1. The molecule has 3 heteroatoms. The Morgan fingerprint density at radius 1 is 1.11 bits per heavy atom. The van der Waals surface area contributed by atoms with Crippen LogP contribution in [0.1, 0.15) is 40.5 Å². The fraction of sp³-hybridized carbons (Fsp3) is 0.933. The van der Waals surface area contributed by atoms with Crippen molar-refractivity contribution in [1.82, 2.24) is 0 Å². The highest BCUT2D eigenvalue weighted by Crippen LogP contribution is 2.72. The summed E-state index contributed by atoms with van der Waals surface area (Å²) < 4.78 is 0. The Bertz CT molecular complexity index is 385. The molecule has 3 nitrogen and oxygen atoms in total. The lowest BCUT2D eigenvalue weighted by molar-refractivity contribution is -0.249. The van der Waals surface area contributed by atoms with E-state index in [9.17, 15) is 15.0 Å². The Balaban J connectivity index is 2.13. The first-order valence-corrected chi connectivity index (χ1v) is 7.11. The Morgan fingerprint density at radius 3 is 2.28 bits per heavy atom. The van der Waals surface area contributed by atoms with Gasteiger partial charge in [-0.05, 0) is 29.6 Å². The topological polar surface area (TPSA) is 57.5 Å². The molecule has 4 bridgehead atoms. The number of aliphatic hydroxyl groups excluding tert-OH is 2. The summed E-state index contributed by atoms with van der Waals surface area (Å²) in [6.07, 6.45) is 0.114. The normalized spacial score (nSPS) is 57.8. The van der Waals surface area contributed by atoms with Gasteiger partial charge in [0.2, 0.25) is 0 Å². The van der Waals surface area contributed by atoms with Crippen molar-refractivity contribution in [3.63, 3.8) is 0 Å². The predicted molar refractivity (Wildman–Crippen MR) is 67.8 cm³/mol. The maximum absolute atomic E-state index is 12.5. The third-order valence-corrected chi connectivity index (χ3v) is 6.50. The van der Waals surface area contributed by atoms with Gasteiger partial charge in [0.15, 0.2) is 0 Å². The molecule has 0 aromatic rings. The smallest absolute Gasteiger partial charge is 0.142 e. The van der Waals surface area contributed by atoms with Crippen LogP contribution >= 0.6 is 0 Å². The minimum atomic E-state index is -0.568. The van der Waals surface area contributed by atoms with Gasteiger partial charge in [0.05, 0.1) is 12.2 Å². The molecular formula is C15H24O3. The maximum atomic E-state index is 12.5. The molecule has 4 aliphatic carbocycles. The Hall–Kier alpha value is -0.410. The van der Waals surface area contributed by atoms with E-state index in [1.165, 1.54) is 0 Å². The fourth-order valence-electron chi connectivity index (χ4n) is 5.51. The average Bonchev–Trinajstić information content (AvgIpc) is 2.31. The van der Waals surface area contributed by atoms with Crippen molar-refractivity contribution in [3.8, 4) is 0 Å². The Morgan fingerprint density at radius 2 is 1.72 bits per heavy atom. The van der Waals surface area contributed by atoms with Crippen LogP contribution in [0.4, 0.5) is 0 Å². The minimum Gasteiger partial charge on any atom is -0.393 e. The second-order valence-corrected chi connectivity index (χ2v) is 7.60. The van der Waals surface area contributed by atoms with Crippen molar-refractivity contribution in [1.29, 1.82) is 0 Å². The summed E-state index contributed by atoms with van der Waals surface area (Å²) >= 11 is 0. The van der Waals surface area contributed by atoms with Crippen molar-refractivity contribution >= 4 is 5.78 Å². The molecule has 4 rings (SSSR count). The van der Waals surface area contributed by atoms with Gasteiger partial charge in [0.25, 0.3) is 0 Å². The molecule has 0 aromatic carbocycles. The van der Waals surface area contributed by atoms with Gasteiger partial charge in [-0.15, -0.1) is 0 Å². The quantitative estimate of drug-likeness (QED) is 0.688. The van der Waals surface area contributed by atoms with E-state index in [0.717, 1.165) is 6.42 Å². The molecule has 4 saturated carbocycles. The number of ketones is 1. The maximum Gasteiger partial charge on any atom is 0.142 e. The molecule has 7 atom stereocenters. The highest BCUT2D eigenvalue weighted by Gasteiger charge is 2.74. The summed E-state index contributed by atoms with van der Waals surface area (Å²) in [7, 11) is 0. The zero-order valence-corrected chi connectivity index (χ0v) is 11.7. The molecule has 102 valence electrons. The number of rotatable bonds is 0. The summed E-state index contributed by atoms with van der Waals surface area (Å²) in [6.45, 7) is 8.29. The van der Waals surface area contributed by atoms with E-state index in [4.69, 9.17) is 0 Å². The van der Waals surface area contributed by atoms with E-state index < -0.39 is 11.5 Å². The van der Waals surface area contributed by atoms with E-state index in [-0.39, 0.29) is 35.6 Å². The molecule has 0 radical (unpaired) electrons. The fourth-order valence-corrected chi connectivity index (χ4v) is 5.51. The van der Waals surface area contributed by atoms with E-state index in [1.807, 2.05) is 6.92 Å². The van der Waals surface area contributed by atoms with Gasteiger partial charge < -0.3 is 10.2 Å². The first-order valence-electron chi connectivity index (χ1n) is 7.11. The van der Waals surface area contributed by atoms with E-state index >= 15 is 0 Å². The first kappa shape index (κ1) is 12.6. The molecule has 0 aromatic heterocycles. The molecule has 0 saturated heterocycles. The van der Waals surface area contributed by atoms with Crippen LogP contribution in [0.15, 0.2) is 0 Å². The predicted octanol–water partition coefficient (Wildman–Crippen LogP) is 1.62. The van der Waals surface area contributed by atoms with Gasteiger partial charge in [0, 0.05) is 17.8 Å². The van der Waals surface area contributed by atoms with Gasteiger partial charge in [-0.1, -0.05) is 27.7 Å². The standard InChI is InChI=1S/C15H24O3/c1-7-5-8(16)12-13-11(7)15(12,4)10(18)6-9(17)14(13,2)3/h7-9,11-13,16-17H,5-6H2,1-4H3/t7-,8+,9+,11-,12+,13-,15+/m0/s1. The van der Waals surface area contributed by atoms with Gasteiger partial charge >= 0.3 is 0 Å². The molecule has 0 unspecified atom stereocenters. The summed E-state index contributed by atoms with van der Waals surface area (Å²) in [5.74, 6) is 1.21. The highest BCUT2D eigenvalue weighted by molar-refractivity contribution is 5.88. The summed E-state index contributed by atoms with van der Waals surface area (Å²) in [4.78, 5) is 12.5. The third-order valence-electron chi connectivity index (χ3n) is 6.50. The number of aliphatic hydroxyl groups is 2. The summed E-state index contributed by atoms with van der Waals surface area (Å²) in [6, 6.07) is 0. The zero-order valence-electron chi connectivity index (χ0n) is 11.7. The highest BCUT2D eigenvalue weighted by atomic mass is 16.3. The van der Waals surface area contributed by atoms with Gasteiger partial charge in [-0.25, -0.2) is 0 Å². The lowest BCUT2D eigenvalue weighted by atomic mass is 9.35. The number of carbonyl (C=O) groups is 1. The molecule has 0 spiro atoms. The van der Waals surface area contributed by atoms with Gasteiger partial charge in [-0.3, -0.25) is 4.79 Å². The summed E-state index contributed by atoms with van der Waals surface area (Å²) in [5.41, 5.74) is -0.660. The van der Waals surface area contributed by atoms with Crippen LogP contribution in [0.25, 0.3) is 0 Å². The molecule has 0 heterocycles. The van der Waals surface area contributed by atoms with E-state index in [0.29, 0.717) is 11.8 Å². The van der Waals surface area contributed by atoms with Gasteiger partial charge in [0.1, 0.15) is 5.78 Å². The molecule has 4 aliphatic rings. The average molecular weight is 252 g/mol. The van der Waals surface area contributed by atoms with Crippen LogP contribution in [-0.2, 0) is 4.79 Å². The van der Waals surface area contributed by atoms with Crippen LogP contribution in [0.5, 0.6) is 0 Å². The van der Waals surface area contributed by atoms with E-state index in [1.54, 1.807) is 0 Å². The van der Waals surface area contributed by atoms with Crippen LogP contribution in [0, 0.1) is 34.5 Å². The minimum absolute atomic E-state index is 0.0540. The van der Waals surface area contributed by atoms with Crippen molar-refractivity contribution in [2.24, 2.45) is 34.5 Å². The van der Waals surface area contributed by atoms with Crippen molar-refractivity contribution in [2.75, 3.05) is 0 Å². The number of fused-ring (bicyclic) bond motifs is 2. The van der Waals surface area contributed by atoms with Gasteiger partial charge in [-0.2, -0.15) is 0 Å². The van der Waals surface area contributed by atoms with E-state index in [2.05, 4.69) is 20.8 Å². The Kier molecular flexibility index (Phi) is 2.36. The van der Waals surface area contributed by atoms with Crippen molar-refractivity contribution < 1.29 is 15.0 Å². The SMILES string of the molecule is C[C@H]1C[C@@H](O)[C@@H]2[C@@H]3[C@H]1[C@@]2(C)C(=O)C[C@@H](O)C3(C)C. The Labute approximate surface area is 109 Å². The van der Waals surface area contributed by atoms with Crippen molar-refractivity contribution in [3.05, 3.63) is 0 Å². The largest absolute Gasteiger partial charge is 0.393 e. The third kappa shape index (κ3) is 1.16. The zero-order chi connectivity index (χ0) is 13.5. The number of hydrogen-bond acceptors (Lipinski definition) is 3. The van der Waals surface area contributed by atoms with Crippen molar-refractivity contribution in [2.45, 2.75) is 52.7 Å². The summed E-state index contributed by atoms with van der Waals surface area (Å²) in [5, 5.41) is 20.7. The number of Topliss-reactive ketones (excluding diaryl/α,β-unsaturated/α-hetero) is 1. The molecule has 0 amide bonds. The van der Waals surface area contributed by atoms with Crippen LogP contribution in [0.3, 0.4) is 0 Å². The van der Waals surface area contributed by atoms with Crippen LogP contribution in [0.2, 0.25) is 0 Å². The molecule has 4 fully saturated rings. The van der Waals surface area contributed by atoms with Crippen LogP contribution < -0.4 is 0 Å². The lowest BCUT2D eigenvalue weighted by Gasteiger charge is -2.69. The molecular weight excluding hydrogens is 228 g/mol. The lowest BCUT2D eigenvalue weighted by Crippen LogP contribution is -2.70. The molecule has 0 aliphatic heterocycles. The second-order valence-electron chi connectivity index (χ2n) is 7.60. The molecule has 2 N–H and O–H groups in total. The monoisotopic (exact) mass is 252 g/mol. The van der Waals surface area contributed by atoms with Crippen LogP contribution in [-0.4, -0.2) is 28.2 Å². The number of hydrogen-bond donors (Lipinski definition) is 2. The first-order chi connectivity index (χ1) is 8.22.